The molecule has 98 valence electrons. The molecule has 7 heteroatoms. The maximum atomic E-state index is 11.0. The zero-order chi connectivity index (χ0) is 13.7. The number of carbonyl (C=O) groups is 1. The fourth-order valence-electron chi connectivity index (χ4n) is 1.34. The fourth-order valence-corrected chi connectivity index (χ4v) is 1.73. The SMILES string of the molecule is COC(=O)Nc1ccc(Nc2cccc(Br)c2)nn1. The summed E-state index contributed by atoms with van der Waals surface area (Å²) in [6.45, 7) is 0. The van der Waals surface area contributed by atoms with Crippen LogP contribution in [0.1, 0.15) is 0 Å². The summed E-state index contributed by atoms with van der Waals surface area (Å²) >= 11 is 3.38. The molecule has 0 unspecified atom stereocenters. The summed E-state index contributed by atoms with van der Waals surface area (Å²) in [5, 5.41) is 13.3. The predicted molar refractivity (Wildman–Crippen MR) is 75.5 cm³/mol. The number of methoxy groups -OCH3 is 1. The van der Waals surface area contributed by atoms with Gasteiger partial charge in [-0.15, -0.1) is 10.2 Å². The normalized spacial score (nSPS) is 9.79. The lowest BCUT2D eigenvalue weighted by molar-refractivity contribution is 0.187. The Morgan fingerprint density at radius 1 is 1.21 bits per heavy atom. The number of nitrogens with one attached hydrogen (secondary N) is 2. The number of ether oxygens (including phenoxy) is 1. The molecule has 1 aromatic heterocycles. The van der Waals surface area contributed by atoms with Crippen LogP contribution in [0.5, 0.6) is 0 Å². The number of aromatic nitrogens is 2. The second-order valence-electron chi connectivity index (χ2n) is 3.56. The van der Waals surface area contributed by atoms with E-state index in [2.05, 4.69) is 41.5 Å². The van der Waals surface area contributed by atoms with Crippen molar-refractivity contribution in [2.45, 2.75) is 0 Å². The minimum Gasteiger partial charge on any atom is -0.453 e. The summed E-state index contributed by atoms with van der Waals surface area (Å²) in [4.78, 5) is 11.0. The van der Waals surface area contributed by atoms with Gasteiger partial charge < -0.3 is 10.1 Å². The van der Waals surface area contributed by atoms with E-state index in [4.69, 9.17) is 0 Å². The maximum Gasteiger partial charge on any atom is 0.412 e. The molecule has 0 spiro atoms. The van der Waals surface area contributed by atoms with E-state index in [9.17, 15) is 4.79 Å². The van der Waals surface area contributed by atoms with Gasteiger partial charge in [0, 0.05) is 10.2 Å². The van der Waals surface area contributed by atoms with Crippen molar-refractivity contribution in [1.29, 1.82) is 0 Å². The molecule has 2 rings (SSSR count). The first kappa shape index (κ1) is 13.3. The Hall–Kier alpha value is -2.15. The molecule has 0 aliphatic carbocycles. The van der Waals surface area contributed by atoms with Crippen molar-refractivity contribution in [1.82, 2.24) is 10.2 Å². The van der Waals surface area contributed by atoms with Crippen LogP contribution in [0.2, 0.25) is 0 Å². The van der Waals surface area contributed by atoms with Gasteiger partial charge in [-0.2, -0.15) is 0 Å². The second-order valence-corrected chi connectivity index (χ2v) is 4.47. The highest BCUT2D eigenvalue weighted by Gasteiger charge is 2.03. The van der Waals surface area contributed by atoms with Crippen LogP contribution in [-0.4, -0.2) is 23.4 Å². The van der Waals surface area contributed by atoms with Crippen LogP contribution in [0.4, 0.5) is 22.1 Å². The fraction of sp³-hybridized carbons (Fsp3) is 0.0833. The summed E-state index contributed by atoms with van der Waals surface area (Å²) in [5.74, 6) is 0.903. The highest BCUT2D eigenvalue weighted by atomic mass is 79.9. The monoisotopic (exact) mass is 322 g/mol. The van der Waals surface area contributed by atoms with Crippen molar-refractivity contribution >= 4 is 39.3 Å². The molecule has 0 aliphatic rings. The van der Waals surface area contributed by atoms with Gasteiger partial charge in [-0.25, -0.2) is 4.79 Å². The second kappa shape index (κ2) is 6.14. The zero-order valence-electron chi connectivity index (χ0n) is 10.1. The van der Waals surface area contributed by atoms with Crippen LogP contribution < -0.4 is 10.6 Å². The van der Waals surface area contributed by atoms with Crippen LogP contribution in [-0.2, 0) is 4.74 Å². The predicted octanol–water partition coefficient (Wildman–Crippen LogP) is 3.16. The number of amides is 1. The lowest BCUT2D eigenvalue weighted by Gasteiger charge is -2.06. The molecule has 1 heterocycles. The molecule has 2 N–H and O–H groups in total. The van der Waals surface area contributed by atoms with Gasteiger partial charge in [0.15, 0.2) is 11.6 Å². The van der Waals surface area contributed by atoms with Crippen LogP contribution in [0.25, 0.3) is 0 Å². The molecule has 1 amide bonds. The maximum absolute atomic E-state index is 11.0. The molecule has 0 bridgehead atoms. The first-order valence-corrected chi connectivity index (χ1v) is 6.18. The van der Waals surface area contributed by atoms with Crippen molar-refractivity contribution in [2.24, 2.45) is 0 Å². The lowest BCUT2D eigenvalue weighted by Crippen LogP contribution is -2.12. The Kier molecular flexibility index (Phi) is 4.30. The van der Waals surface area contributed by atoms with Crippen LogP contribution in [0, 0.1) is 0 Å². The topological polar surface area (TPSA) is 76.1 Å². The molecule has 0 radical (unpaired) electrons. The molecule has 1 aromatic carbocycles. The molecule has 0 fully saturated rings. The van der Waals surface area contributed by atoms with E-state index >= 15 is 0 Å². The summed E-state index contributed by atoms with van der Waals surface area (Å²) in [6, 6.07) is 11.0. The van der Waals surface area contributed by atoms with Gasteiger partial charge in [-0.05, 0) is 30.3 Å². The van der Waals surface area contributed by atoms with Crippen molar-refractivity contribution < 1.29 is 9.53 Å². The third-order valence-electron chi connectivity index (χ3n) is 2.18. The molecule has 0 atom stereocenters. The lowest BCUT2D eigenvalue weighted by atomic mass is 10.3. The van der Waals surface area contributed by atoms with Gasteiger partial charge in [-0.1, -0.05) is 22.0 Å². The largest absolute Gasteiger partial charge is 0.453 e. The van der Waals surface area contributed by atoms with E-state index in [1.807, 2.05) is 24.3 Å². The highest BCUT2D eigenvalue weighted by molar-refractivity contribution is 9.10. The first-order chi connectivity index (χ1) is 9.17. The number of carbonyl (C=O) groups excluding carboxylic acids is 1. The van der Waals surface area contributed by atoms with Crippen molar-refractivity contribution in [3.8, 4) is 0 Å². The third-order valence-corrected chi connectivity index (χ3v) is 2.67. The van der Waals surface area contributed by atoms with Gasteiger partial charge in [0.1, 0.15) is 0 Å². The van der Waals surface area contributed by atoms with Gasteiger partial charge in [0.2, 0.25) is 0 Å². The average molecular weight is 323 g/mol. The summed E-state index contributed by atoms with van der Waals surface area (Å²) in [6.07, 6.45) is -0.581. The standard InChI is InChI=1S/C12H11BrN4O2/c1-19-12(18)15-11-6-5-10(16-17-11)14-9-4-2-3-8(13)7-9/h2-7H,1H3,(H,14,16)(H,15,17,18). The number of hydrogen-bond donors (Lipinski definition) is 2. The van der Waals surface area contributed by atoms with Crippen molar-refractivity contribution in [3.63, 3.8) is 0 Å². The minimum atomic E-state index is -0.581. The minimum absolute atomic E-state index is 0.326. The van der Waals surface area contributed by atoms with E-state index in [-0.39, 0.29) is 0 Å². The summed E-state index contributed by atoms with van der Waals surface area (Å²) < 4.78 is 5.42. The van der Waals surface area contributed by atoms with E-state index < -0.39 is 6.09 Å². The first-order valence-electron chi connectivity index (χ1n) is 5.38. The van der Waals surface area contributed by atoms with Gasteiger partial charge in [0.25, 0.3) is 0 Å². The Labute approximate surface area is 118 Å². The third kappa shape index (κ3) is 3.92. The van der Waals surface area contributed by atoms with E-state index in [0.717, 1.165) is 10.2 Å². The molecule has 0 aliphatic heterocycles. The molecule has 0 saturated carbocycles. The molecule has 0 saturated heterocycles. The molecular weight excluding hydrogens is 312 g/mol. The van der Waals surface area contributed by atoms with Gasteiger partial charge >= 0.3 is 6.09 Å². The van der Waals surface area contributed by atoms with E-state index in [0.29, 0.717) is 11.6 Å². The summed E-state index contributed by atoms with van der Waals surface area (Å²) in [5.41, 5.74) is 0.886. The number of anilines is 3. The summed E-state index contributed by atoms with van der Waals surface area (Å²) in [7, 11) is 1.28. The molecule has 6 nitrogen and oxygen atoms in total. The van der Waals surface area contributed by atoms with Crippen LogP contribution >= 0.6 is 15.9 Å². The number of nitrogens with zero attached hydrogens (tertiary/aromatic N) is 2. The quantitative estimate of drug-likeness (QED) is 0.907. The van der Waals surface area contributed by atoms with E-state index in [1.165, 1.54) is 7.11 Å². The number of halogens is 1. The number of benzene rings is 1. The van der Waals surface area contributed by atoms with E-state index in [1.54, 1.807) is 12.1 Å². The zero-order valence-corrected chi connectivity index (χ0v) is 11.6. The number of hydrogen-bond acceptors (Lipinski definition) is 5. The average Bonchev–Trinajstić information content (AvgIpc) is 2.41. The van der Waals surface area contributed by atoms with Gasteiger partial charge in [0.05, 0.1) is 7.11 Å². The van der Waals surface area contributed by atoms with Crippen molar-refractivity contribution in [3.05, 3.63) is 40.9 Å². The Morgan fingerprint density at radius 2 is 1.95 bits per heavy atom. The molecule has 19 heavy (non-hydrogen) atoms. The van der Waals surface area contributed by atoms with Crippen LogP contribution in [0.15, 0.2) is 40.9 Å². The number of rotatable bonds is 3. The van der Waals surface area contributed by atoms with Crippen LogP contribution in [0.3, 0.4) is 0 Å². The van der Waals surface area contributed by atoms with Crippen molar-refractivity contribution in [2.75, 3.05) is 17.7 Å². The molecule has 2 aromatic rings. The van der Waals surface area contributed by atoms with Gasteiger partial charge in [-0.3, -0.25) is 5.32 Å². The smallest absolute Gasteiger partial charge is 0.412 e. The highest BCUT2D eigenvalue weighted by Crippen LogP contribution is 2.19. The Bertz CT molecular complexity index is 574. The Morgan fingerprint density at radius 3 is 2.58 bits per heavy atom. The molecular formula is C12H11BrN4O2. The Balaban J connectivity index is 2.04.